The average molecular weight is 276 g/mol. The molecule has 0 aromatic heterocycles. The number of benzene rings is 1. The molecule has 3 N–H and O–H groups in total. The normalized spacial score (nSPS) is 15.5. The Hall–Kier alpha value is -1.39. The van der Waals surface area contributed by atoms with Gasteiger partial charge in [0, 0.05) is 19.1 Å². The van der Waals surface area contributed by atoms with E-state index < -0.39 is 0 Å². The molecule has 4 heteroatoms. The van der Waals surface area contributed by atoms with Crippen LogP contribution in [0.2, 0.25) is 0 Å². The van der Waals surface area contributed by atoms with Crippen LogP contribution in [0.4, 0.5) is 0 Å². The lowest BCUT2D eigenvalue weighted by Crippen LogP contribution is -2.41. The van der Waals surface area contributed by atoms with E-state index in [-0.39, 0.29) is 12.5 Å². The quantitative estimate of drug-likeness (QED) is 0.826. The Bertz CT molecular complexity index is 442. The summed E-state index contributed by atoms with van der Waals surface area (Å²) in [6.07, 6.45) is 4.86. The molecule has 1 aliphatic rings. The molecule has 1 aliphatic carbocycles. The summed E-state index contributed by atoms with van der Waals surface area (Å²) in [5, 5.41) is 9.20. The second-order valence-corrected chi connectivity index (χ2v) is 5.40. The zero-order valence-corrected chi connectivity index (χ0v) is 11.9. The predicted octanol–water partition coefficient (Wildman–Crippen LogP) is 1.45. The van der Waals surface area contributed by atoms with Crippen LogP contribution in [0.1, 0.15) is 36.8 Å². The van der Waals surface area contributed by atoms with Crippen molar-refractivity contribution in [1.82, 2.24) is 4.90 Å². The van der Waals surface area contributed by atoms with Gasteiger partial charge < -0.3 is 15.7 Å². The van der Waals surface area contributed by atoms with Crippen LogP contribution in [0, 0.1) is 0 Å². The molecule has 0 atom stereocenters. The van der Waals surface area contributed by atoms with Gasteiger partial charge in [0.25, 0.3) is 0 Å². The highest BCUT2D eigenvalue weighted by Gasteiger charge is 2.26. The van der Waals surface area contributed by atoms with Gasteiger partial charge in [-0.15, -0.1) is 0 Å². The van der Waals surface area contributed by atoms with Gasteiger partial charge in [-0.25, -0.2) is 0 Å². The molecule has 0 heterocycles. The molecule has 0 bridgehead atoms. The van der Waals surface area contributed by atoms with Crippen molar-refractivity contribution in [3.05, 3.63) is 35.4 Å². The molecule has 1 aromatic rings. The summed E-state index contributed by atoms with van der Waals surface area (Å²) in [5.74, 6) is 0.104. The third-order valence-corrected chi connectivity index (χ3v) is 4.11. The molecule has 1 aromatic carbocycles. The van der Waals surface area contributed by atoms with E-state index in [0.29, 0.717) is 25.6 Å². The van der Waals surface area contributed by atoms with Crippen molar-refractivity contribution in [2.24, 2.45) is 5.73 Å². The first-order chi connectivity index (χ1) is 9.76. The van der Waals surface area contributed by atoms with Gasteiger partial charge in [-0.3, -0.25) is 4.79 Å². The first kappa shape index (κ1) is 15.0. The fourth-order valence-electron chi connectivity index (χ4n) is 3.03. The lowest BCUT2D eigenvalue weighted by molar-refractivity contribution is -0.133. The van der Waals surface area contributed by atoms with Gasteiger partial charge in [0.1, 0.15) is 0 Å². The monoisotopic (exact) mass is 276 g/mol. The van der Waals surface area contributed by atoms with E-state index in [1.807, 2.05) is 29.2 Å². The molecule has 0 saturated heterocycles. The Kier molecular flexibility index (Phi) is 5.56. The first-order valence-electron chi connectivity index (χ1n) is 7.43. The van der Waals surface area contributed by atoms with E-state index in [1.165, 1.54) is 12.8 Å². The van der Waals surface area contributed by atoms with Crippen molar-refractivity contribution in [1.29, 1.82) is 0 Å². The van der Waals surface area contributed by atoms with Gasteiger partial charge in [-0.05, 0) is 24.0 Å². The zero-order valence-electron chi connectivity index (χ0n) is 11.9. The fraction of sp³-hybridized carbons (Fsp3) is 0.562. The van der Waals surface area contributed by atoms with Crippen molar-refractivity contribution >= 4 is 5.91 Å². The van der Waals surface area contributed by atoms with Gasteiger partial charge in [-0.2, -0.15) is 0 Å². The van der Waals surface area contributed by atoms with E-state index in [2.05, 4.69) is 0 Å². The number of nitrogens with zero attached hydrogens (tertiary/aromatic N) is 1. The number of carbonyl (C=O) groups excluding carboxylic acids is 1. The molecule has 0 spiro atoms. The molecule has 0 radical (unpaired) electrons. The number of hydrogen-bond acceptors (Lipinski definition) is 3. The van der Waals surface area contributed by atoms with Crippen LogP contribution in [-0.4, -0.2) is 35.1 Å². The van der Waals surface area contributed by atoms with E-state index in [1.54, 1.807) is 0 Å². The van der Waals surface area contributed by atoms with Crippen LogP contribution in [0.3, 0.4) is 0 Å². The number of hydrogen-bond donors (Lipinski definition) is 2. The molecule has 1 fully saturated rings. The molecule has 110 valence electrons. The molecule has 2 rings (SSSR count). The molecular formula is C16H24N2O2. The van der Waals surface area contributed by atoms with Crippen LogP contribution in [0.15, 0.2) is 24.3 Å². The molecule has 0 unspecified atom stereocenters. The van der Waals surface area contributed by atoms with Crippen molar-refractivity contribution in [2.75, 3.05) is 13.2 Å². The van der Waals surface area contributed by atoms with E-state index in [0.717, 1.165) is 24.0 Å². The largest absolute Gasteiger partial charge is 0.395 e. The number of aliphatic hydroxyl groups excluding tert-OH is 1. The molecule has 20 heavy (non-hydrogen) atoms. The smallest absolute Gasteiger partial charge is 0.227 e. The maximum absolute atomic E-state index is 12.5. The molecule has 4 nitrogen and oxygen atoms in total. The van der Waals surface area contributed by atoms with Gasteiger partial charge in [0.15, 0.2) is 0 Å². The summed E-state index contributed by atoms with van der Waals surface area (Å²) in [6, 6.07) is 8.12. The van der Waals surface area contributed by atoms with Gasteiger partial charge in [0.2, 0.25) is 5.91 Å². The Labute approximate surface area is 120 Å². The van der Waals surface area contributed by atoms with Crippen LogP contribution >= 0.6 is 0 Å². The average Bonchev–Trinajstić information content (AvgIpc) is 2.99. The van der Waals surface area contributed by atoms with Crippen LogP contribution < -0.4 is 5.73 Å². The highest BCUT2D eigenvalue weighted by atomic mass is 16.3. The maximum atomic E-state index is 12.5. The van der Waals surface area contributed by atoms with Crippen LogP contribution in [0.5, 0.6) is 0 Å². The summed E-state index contributed by atoms with van der Waals surface area (Å²) in [6.45, 7) is 0.919. The standard InChI is InChI=1S/C16H24N2O2/c17-12-14-6-2-1-5-13(14)11-16(20)18(9-10-19)15-7-3-4-8-15/h1-2,5-6,15,19H,3-4,7-12,17H2. The lowest BCUT2D eigenvalue weighted by Gasteiger charge is -2.28. The summed E-state index contributed by atoms with van der Waals surface area (Å²) in [7, 11) is 0. The van der Waals surface area contributed by atoms with Gasteiger partial charge in [-0.1, -0.05) is 37.1 Å². The summed E-state index contributed by atoms with van der Waals surface area (Å²) in [4.78, 5) is 14.4. The number of amides is 1. The second-order valence-electron chi connectivity index (χ2n) is 5.40. The minimum absolute atomic E-state index is 0.0285. The van der Waals surface area contributed by atoms with E-state index in [4.69, 9.17) is 5.73 Å². The summed E-state index contributed by atoms with van der Waals surface area (Å²) in [5.41, 5.74) is 7.74. The third kappa shape index (κ3) is 3.58. The minimum atomic E-state index is 0.0285. The SMILES string of the molecule is NCc1ccccc1CC(=O)N(CCO)C1CCCC1. The Morgan fingerprint density at radius 1 is 1.25 bits per heavy atom. The maximum Gasteiger partial charge on any atom is 0.227 e. The van der Waals surface area contributed by atoms with Crippen molar-refractivity contribution in [3.8, 4) is 0 Å². The van der Waals surface area contributed by atoms with Gasteiger partial charge in [0.05, 0.1) is 13.0 Å². The first-order valence-corrected chi connectivity index (χ1v) is 7.43. The number of aliphatic hydroxyl groups is 1. The third-order valence-electron chi connectivity index (χ3n) is 4.11. The zero-order chi connectivity index (χ0) is 14.4. The van der Waals surface area contributed by atoms with Crippen molar-refractivity contribution in [3.63, 3.8) is 0 Å². The topological polar surface area (TPSA) is 66.6 Å². The van der Waals surface area contributed by atoms with Crippen molar-refractivity contribution in [2.45, 2.75) is 44.7 Å². The minimum Gasteiger partial charge on any atom is -0.395 e. The summed E-state index contributed by atoms with van der Waals surface area (Å²) >= 11 is 0. The number of carbonyl (C=O) groups is 1. The Morgan fingerprint density at radius 2 is 1.90 bits per heavy atom. The highest BCUT2D eigenvalue weighted by molar-refractivity contribution is 5.79. The molecule has 1 saturated carbocycles. The summed E-state index contributed by atoms with van der Waals surface area (Å²) < 4.78 is 0. The van der Waals surface area contributed by atoms with Crippen molar-refractivity contribution < 1.29 is 9.90 Å². The Balaban J connectivity index is 2.07. The van der Waals surface area contributed by atoms with E-state index in [9.17, 15) is 9.90 Å². The molecule has 0 aliphatic heterocycles. The number of rotatable bonds is 6. The number of nitrogens with two attached hydrogens (primary N) is 1. The van der Waals surface area contributed by atoms with Gasteiger partial charge >= 0.3 is 0 Å². The van der Waals surface area contributed by atoms with Crippen LogP contribution in [0.25, 0.3) is 0 Å². The fourth-order valence-corrected chi connectivity index (χ4v) is 3.03. The predicted molar refractivity (Wildman–Crippen MR) is 79.1 cm³/mol. The second kappa shape index (κ2) is 7.41. The molecule has 1 amide bonds. The lowest BCUT2D eigenvalue weighted by atomic mass is 10.0. The van der Waals surface area contributed by atoms with Crippen LogP contribution in [-0.2, 0) is 17.8 Å². The molecular weight excluding hydrogens is 252 g/mol. The van der Waals surface area contributed by atoms with E-state index >= 15 is 0 Å². The Morgan fingerprint density at radius 3 is 2.50 bits per heavy atom. The highest BCUT2D eigenvalue weighted by Crippen LogP contribution is 2.24.